The third-order valence-corrected chi connectivity index (χ3v) is 4.30. The highest BCUT2D eigenvalue weighted by Crippen LogP contribution is 2.24. The molecule has 0 saturated carbocycles. The van der Waals surface area contributed by atoms with Crippen LogP contribution in [0.4, 0.5) is 4.79 Å². The molecule has 6 heteroatoms. The second kappa shape index (κ2) is 9.13. The van der Waals surface area contributed by atoms with Crippen molar-refractivity contribution < 1.29 is 14.3 Å². The summed E-state index contributed by atoms with van der Waals surface area (Å²) < 4.78 is 11.4. The maximum Gasteiger partial charge on any atom is 0.410 e. The van der Waals surface area contributed by atoms with Crippen molar-refractivity contribution in [2.24, 2.45) is 0 Å². The average Bonchev–Trinajstić information content (AvgIpc) is 2.58. The minimum Gasteiger partial charge on any atom is -0.444 e. The molecule has 0 radical (unpaired) electrons. The zero-order valence-corrected chi connectivity index (χ0v) is 15.9. The van der Waals surface area contributed by atoms with Crippen molar-refractivity contribution in [3.8, 4) is 0 Å². The van der Waals surface area contributed by atoms with Crippen LogP contribution < -0.4 is 0 Å². The van der Waals surface area contributed by atoms with Crippen LogP contribution in [0.2, 0.25) is 0 Å². The number of rotatable bonds is 6. The van der Waals surface area contributed by atoms with Crippen LogP contribution in [0.25, 0.3) is 0 Å². The van der Waals surface area contributed by atoms with Gasteiger partial charge in [-0.2, -0.15) is 0 Å². The Bertz CT molecular complexity index is 530. The van der Waals surface area contributed by atoms with Gasteiger partial charge in [-0.3, -0.25) is 9.97 Å². The fourth-order valence-corrected chi connectivity index (χ4v) is 3.05. The Labute approximate surface area is 150 Å². The molecule has 0 spiro atoms. The van der Waals surface area contributed by atoms with E-state index in [0.29, 0.717) is 6.61 Å². The van der Waals surface area contributed by atoms with Crippen LogP contribution in [0.5, 0.6) is 0 Å². The smallest absolute Gasteiger partial charge is 0.410 e. The molecule has 0 bridgehead atoms. The Morgan fingerprint density at radius 2 is 2.16 bits per heavy atom. The largest absolute Gasteiger partial charge is 0.444 e. The van der Waals surface area contributed by atoms with E-state index in [4.69, 9.17) is 9.47 Å². The van der Waals surface area contributed by atoms with E-state index in [2.05, 4.69) is 9.97 Å². The number of piperidine rings is 1. The molecule has 2 atom stereocenters. The molecular formula is C19H31N3O3. The average molecular weight is 349 g/mol. The molecule has 0 aliphatic carbocycles. The lowest BCUT2D eigenvalue weighted by atomic mass is 9.98. The number of amides is 1. The van der Waals surface area contributed by atoms with Crippen LogP contribution in [-0.2, 0) is 9.47 Å². The number of likely N-dealkylation sites (tertiary alicyclic amines) is 1. The summed E-state index contributed by atoms with van der Waals surface area (Å²) in [5, 5.41) is 0. The van der Waals surface area contributed by atoms with Gasteiger partial charge in [-0.25, -0.2) is 4.79 Å². The molecule has 1 aliphatic rings. The zero-order chi connectivity index (χ0) is 18.3. The van der Waals surface area contributed by atoms with Crippen molar-refractivity contribution in [1.29, 1.82) is 0 Å². The minimum atomic E-state index is -0.450. The van der Waals surface area contributed by atoms with Gasteiger partial charge in [0.2, 0.25) is 0 Å². The lowest BCUT2D eigenvalue weighted by Gasteiger charge is -2.37. The number of aromatic nitrogens is 2. The Kier molecular flexibility index (Phi) is 7.17. The molecule has 1 aromatic rings. The van der Waals surface area contributed by atoms with E-state index in [1.165, 1.54) is 6.42 Å². The molecule has 0 N–H and O–H groups in total. The predicted molar refractivity (Wildman–Crippen MR) is 96.2 cm³/mol. The summed E-state index contributed by atoms with van der Waals surface area (Å²) in [5.41, 5.74) is 0.393. The second-order valence-corrected chi connectivity index (χ2v) is 7.61. The highest BCUT2D eigenvalue weighted by molar-refractivity contribution is 5.68. The van der Waals surface area contributed by atoms with Crippen molar-refractivity contribution in [1.82, 2.24) is 14.9 Å². The molecule has 2 heterocycles. The predicted octanol–water partition coefficient (Wildman–Crippen LogP) is 4.12. The van der Waals surface area contributed by atoms with Crippen LogP contribution in [0.1, 0.15) is 71.6 Å². The van der Waals surface area contributed by atoms with E-state index < -0.39 is 5.60 Å². The lowest BCUT2D eigenvalue weighted by Crippen LogP contribution is -2.46. The van der Waals surface area contributed by atoms with Gasteiger partial charge in [0.1, 0.15) is 5.60 Å². The van der Waals surface area contributed by atoms with Gasteiger partial charge >= 0.3 is 6.09 Å². The van der Waals surface area contributed by atoms with Gasteiger partial charge in [0.25, 0.3) is 0 Å². The van der Waals surface area contributed by atoms with Crippen molar-refractivity contribution >= 4 is 6.09 Å². The molecule has 1 aliphatic heterocycles. The van der Waals surface area contributed by atoms with Crippen molar-refractivity contribution in [3.63, 3.8) is 0 Å². The summed E-state index contributed by atoms with van der Waals surface area (Å²) in [6, 6.07) is 0.249. The lowest BCUT2D eigenvalue weighted by molar-refractivity contribution is 0.00580. The SMILES string of the molecule is C[C@H](OCCC[C@H]1CCCCN1C(=O)OC(C)(C)C)c1cnccn1. The summed E-state index contributed by atoms with van der Waals surface area (Å²) in [6.07, 6.45) is 9.92. The van der Waals surface area contributed by atoms with Crippen LogP contribution in [0, 0.1) is 0 Å². The molecule has 1 aromatic heterocycles. The third kappa shape index (κ3) is 6.61. The summed E-state index contributed by atoms with van der Waals surface area (Å²) in [4.78, 5) is 22.6. The van der Waals surface area contributed by atoms with Gasteiger partial charge in [-0.15, -0.1) is 0 Å². The van der Waals surface area contributed by atoms with E-state index in [1.54, 1.807) is 18.6 Å². The molecule has 1 fully saturated rings. The van der Waals surface area contributed by atoms with Crippen LogP contribution in [-0.4, -0.2) is 45.8 Å². The number of nitrogens with zero attached hydrogens (tertiary/aromatic N) is 3. The maximum absolute atomic E-state index is 12.4. The first kappa shape index (κ1) is 19.6. The molecule has 1 saturated heterocycles. The number of hydrogen-bond acceptors (Lipinski definition) is 5. The number of carbonyl (C=O) groups excluding carboxylic acids is 1. The molecule has 0 aromatic carbocycles. The molecule has 2 rings (SSSR count). The van der Waals surface area contributed by atoms with Gasteiger partial charge in [-0.1, -0.05) is 0 Å². The molecule has 25 heavy (non-hydrogen) atoms. The van der Waals surface area contributed by atoms with Gasteiger partial charge in [0.05, 0.1) is 18.0 Å². The topological polar surface area (TPSA) is 64.5 Å². The van der Waals surface area contributed by atoms with E-state index in [-0.39, 0.29) is 18.2 Å². The van der Waals surface area contributed by atoms with Gasteiger partial charge < -0.3 is 14.4 Å². The first-order valence-corrected chi connectivity index (χ1v) is 9.24. The summed E-state index contributed by atoms with van der Waals surface area (Å²) in [5.74, 6) is 0. The first-order chi connectivity index (χ1) is 11.9. The highest BCUT2D eigenvalue weighted by Gasteiger charge is 2.30. The fourth-order valence-electron chi connectivity index (χ4n) is 3.05. The van der Waals surface area contributed by atoms with Gasteiger partial charge in [-0.05, 0) is 59.8 Å². The zero-order valence-electron chi connectivity index (χ0n) is 15.9. The van der Waals surface area contributed by atoms with E-state index in [1.807, 2.05) is 32.6 Å². The van der Waals surface area contributed by atoms with E-state index in [0.717, 1.165) is 37.9 Å². The van der Waals surface area contributed by atoms with Crippen molar-refractivity contribution in [3.05, 3.63) is 24.3 Å². The highest BCUT2D eigenvalue weighted by atomic mass is 16.6. The monoisotopic (exact) mass is 349 g/mol. The number of carbonyl (C=O) groups is 1. The Morgan fingerprint density at radius 1 is 1.36 bits per heavy atom. The minimum absolute atomic E-state index is 0.0676. The third-order valence-electron chi connectivity index (χ3n) is 4.30. The second-order valence-electron chi connectivity index (χ2n) is 7.61. The molecule has 0 unspecified atom stereocenters. The Morgan fingerprint density at radius 3 is 2.84 bits per heavy atom. The molecule has 140 valence electrons. The van der Waals surface area contributed by atoms with Gasteiger partial charge in [0.15, 0.2) is 0 Å². The van der Waals surface area contributed by atoms with E-state index >= 15 is 0 Å². The summed E-state index contributed by atoms with van der Waals surface area (Å²) in [7, 11) is 0. The molecular weight excluding hydrogens is 318 g/mol. The van der Waals surface area contributed by atoms with E-state index in [9.17, 15) is 4.79 Å². The van der Waals surface area contributed by atoms with Crippen LogP contribution in [0.15, 0.2) is 18.6 Å². The Balaban J connectivity index is 1.77. The summed E-state index contributed by atoms with van der Waals surface area (Å²) >= 11 is 0. The van der Waals surface area contributed by atoms with Crippen LogP contribution in [0.3, 0.4) is 0 Å². The first-order valence-electron chi connectivity index (χ1n) is 9.24. The van der Waals surface area contributed by atoms with Crippen molar-refractivity contribution in [2.45, 2.75) is 77.5 Å². The standard InChI is InChI=1S/C19H31N3O3/c1-15(17-14-20-10-11-21-17)24-13-7-9-16-8-5-6-12-22(16)18(23)25-19(2,3)4/h10-11,14-16H,5-9,12-13H2,1-4H3/t15-,16+/m0/s1. The number of ether oxygens (including phenoxy) is 2. The maximum atomic E-state index is 12.4. The van der Waals surface area contributed by atoms with Crippen LogP contribution >= 0.6 is 0 Å². The number of hydrogen-bond donors (Lipinski definition) is 0. The quantitative estimate of drug-likeness (QED) is 0.723. The summed E-state index contributed by atoms with van der Waals surface area (Å²) in [6.45, 7) is 9.15. The molecule has 6 nitrogen and oxygen atoms in total. The normalized spacial score (nSPS) is 19.5. The van der Waals surface area contributed by atoms with Gasteiger partial charge in [0, 0.05) is 31.6 Å². The molecule has 1 amide bonds. The fraction of sp³-hybridized carbons (Fsp3) is 0.737. The van der Waals surface area contributed by atoms with Crippen molar-refractivity contribution in [2.75, 3.05) is 13.2 Å². The Hall–Kier alpha value is -1.69.